The fourth-order valence-electron chi connectivity index (χ4n) is 3.74. The van der Waals surface area contributed by atoms with Crippen LogP contribution < -0.4 is 15.8 Å². The predicted molar refractivity (Wildman–Crippen MR) is 88.1 cm³/mol. The highest BCUT2D eigenvalue weighted by Crippen LogP contribution is 2.38. The summed E-state index contributed by atoms with van der Waals surface area (Å²) in [4.78, 5) is 12.4. The summed E-state index contributed by atoms with van der Waals surface area (Å²) in [5.41, 5.74) is 8.05. The fourth-order valence-corrected chi connectivity index (χ4v) is 3.74. The number of carbonyl (C=O) groups is 1. The van der Waals surface area contributed by atoms with Crippen molar-refractivity contribution in [2.75, 3.05) is 18.5 Å². The molecule has 0 spiro atoms. The van der Waals surface area contributed by atoms with Gasteiger partial charge in [0.15, 0.2) is 0 Å². The number of aryl methyl sites for hydroxylation is 1. The van der Waals surface area contributed by atoms with Crippen molar-refractivity contribution in [2.24, 2.45) is 11.1 Å². The number of amides is 1. The van der Waals surface area contributed by atoms with Crippen molar-refractivity contribution in [2.45, 2.75) is 51.4 Å². The van der Waals surface area contributed by atoms with Gasteiger partial charge in [0, 0.05) is 12.1 Å². The summed E-state index contributed by atoms with van der Waals surface area (Å²) < 4.78 is 5.61. The molecule has 1 aliphatic carbocycles. The van der Waals surface area contributed by atoms with Crippen molar-refractivity contribution in [3.8, 4) is 5.75 Å². The Labute approximate surface area is 132 Å². The normalized spacial score (nSPS) is 19.9. The van der Waals surface area contributed by atoms with Crippen LogP contribution in [-0.4, -0.2) is 19.1 Å². The van der Waals surface area contributed by atoms with E-state index in [1.54, 1.807) is 0 Å². The summed E-state index contributed by atoms with van der Waals surface area (Å²) >= 11 is 0. The zero-order valence-corrected chi connectivity index (χ0v) is 13.2. The van der Waals surface area contributed by atoms with Gasteiger partial charge in [-0.25, -0.2) is 0 Å². The van der Waals surface area contributed by atoms with E-state index in [1.807, 2.05) is 18.2 Å². The van der Waals surface area contributed by atoms with E-state index >= 15 is 0 Å². The van der Waals surface area contributed by atoms with Crippen molar-refractivity contribution in [3.05, 3.63) is 23.8 Å². The summed E-state index contributed by atoms with van der Waals surface area (Å²) in [5.74, 6) is 1.04. The van der Waals surface area contributed by atoms with Crippen LogP contribution in [0.25, 0.3) is 0 Å². The fraction of sp³-hybridized carbons (Fsp3) is 0.611. The van der Waals surface area contributed by atoms with Crippen LogP contribution in [0, 0.1) is 5.41 Å². The van der Waals surface area contributed by atoms with Crippen LogP contribution in [0.5, 0.6) is 5.75 Å². The number of hydrogen-bond donors (Lipinski definition) is 2. The number of rotatable bonds is 4. The molecular weight excluding hydrogens is 276 g/mol. The van der Waals surface area contributed by atoms with Gasteiger partial charge in [-0.1, -0.05) is 19.3 Å². The zero-order chi connectivity index (χ0) is 15.4. The topological polar surface area (TPSA) is 64.4 Å². The molecule has 3 rings (SSSR count). The number of benzene rings is 1. The molecule has 22 heavy (non-hydrogen) atoms. The minimum absolute atomic E-state index is 0.0135. The summed E-state index contributed by atoms with van der Waals surface area (Å²) in [6.45, 7) is 1.40. The molecule has 4 nitrogen and oxygen atoms in total. The maximum Gasteiger partial charge on any atom is 0.224 e. The first-order chi connectivity index (χ1) is 10.7. The van der Waals surface area contributed by atoms with Gasteiger partial charge in [-0.05, 0) is 61.4 Å². The number of nitrogens with two attached hydrogens (primary N) is 1. The van der Waals surface area contributed by atoms with Gasteiger partial charge in [0.1, 0.15) is 5.75 Å². The minimum Gasteiger partial charge on any atom is -0.493 e. The molecule has 1 amide bonds. The predicted octanol–water partition coefficient (Wildman–Crippen LogP) is 3.25. The van der Waals surface area contributed by atoms with Crippen molar-refractivity contribution < 1.29 is 9.53 Å². The Hall–Kier alpha value is -1.55. The smallest absolute Gasteiger partial charge is 0.224 e. The summed E-state index contributed by atoms with van der Waals surface area (Å²) in [6.07, 6.45) is 8.42. The Morgan fingerprint density at radius 1 is 1.23 bits per heavy atom. The van der Waals surface area contributed by atoms with Gasteiger partial charge in [-0.3, -0.25) is 4.79 Å². The Bertz CT molecular complexity index is 536. The number of anilines is 1. The van der Waals surface area contributed by atoms with Gasteiger partial charge in [0.05, 0.1) is 6.61 Å². The SMILES string of the molecule is NCC1(CC(=O)Nc2ccc3c(c2)CCCO3)CCCCC1. The van der Waals surface area contributed by atoms with E-state index in [0.717, 1.165) is 43.7 Å². The number of fused-ring (bicyclic) bond motifs is 1. The first-order valence-corrected chi connectivity index (χ1v) is 8.46. The van der Waals surface area contributed by atoms with Crippen molar-refractivity contribution in [3.63, 3.8) is 0 Å². The van der Waals surface area contributed by atoms with Gasteiger partial charge >= 0.3 is 0 Å². The summed E-state index contributed by atoms with van der Waals surface area (Å²) in [7, 11) is 0. The second-order valence-corrected chi connectivity index (χ2v) is 6.76. The highest BCUT2D eigenvalue weighted by molar-refractivity contribution is 5.91. The molecule has 0 atom stereocenters. The number of hydrogen-bond acceptors (Lipinski definition) is 3. The first kappa shape index (κ1) is 15.3. The molecule has 120 valence electrons. The van der Waals surface area contributed by atoms with Crippen molar-refractivity contribution in [1.82, 2.24) is 0 Å². The Morgan fingerprint density at radius 2 is 2.05 bits per heavy atom. The van der Waals surface area contributed by atoms with E-state index in [1.165, 1.54) is 24.8 Å². The number of ether oxygens (including phenoxy) is 1. The maximum atomic E-state index is 12.4. The van der Waals surface area contributed by atoms with E-state index in [9.17, 15) is 4.79 Å². The van der Waals surface area contributed by atoms with E-state index < -0.39 is 0 Å². The van der Waals surface area contributed by atoms with Crippen LogP contribution in [0.2, 0.25) is 0 Å². The molecule has 0 bridgehead atoms. The van der Waals surface area contributed by atoms with Crippen LogP contribution in [0.3, 0.4) is 0 Å². The lowest BCUT2D eigenvalue weighted by atomic mass is 9.71. The van der Waals surface area contributed by atoms with E-state index in [2.05, 4.69) is 5.32 Å². The Morgan fingerprint density at radius 3 is 2.82 bits per heavy atom. The average Bonchev–Trinajstić information content (AvgIpc) is 2.55. The second kappa shape index (κ2) is 6.69. The maximum absolute atomic E-state index is 12.4. The molecule has 4 heteroatoms. The van der Waals surface area contributed by atoms with Gasteiger partial charge in [0.2, 0.25) is 5.91 Å². The van der Waals surface area contributed by atoms with Crippen molar-refractivity contribution >= 4 is 11.6 Å². The molecule has 1 aromatic rings. The van der Waals surface area contributed by atoms with Crippen LogP contribution in [0.4, 0.5) is 5.69 Å². The molecule has 1 saturated carbocycles. The molecule has 1 heterocycles. The van der Waals surface area contributed by atoms with Gasteiger partial charge in [-0.15, -0.1) is 0 Å². The van der Waals surface area contributed by atoms with Crippen LogP contribution >= 0.6 is 0 Å². The third-order valence-corrected chi connectivity index (χ3v) is 5.08. The monoisotopic (exact) mass is 302 g/mol. The zero-order valence-electron chi connectivity index (χ0n) is 13.2. The largest absolute Gasteiger partial charge is 0.493 e. The van der Waals surface area contributed by atoms with Crippen molar-refractivity contribution in [1.29, 1.82) is 0 Å². The molecule has 2 aliphatic rings. The lowest BCUT2D eigenvalue weighted by molar-refractivity contribution is -0.118. The van der Waals surface area contributed by atoms with Gasteiger partial charge < -0.3 is 15.8 Å². The Balaban J connectivity index is 1.63. The molecule has 0 radical (unpaired) electrons. The molecule has 0 aromatic heterocycles. The number of carbonyl (C=O) groups excluding carboxylic acids is 1. The summed E-state index contributed by atoms with van der Waals surface area (Å²) in [6, 6.07) is 5.93. The van der Waals surface area contributed by atoms with Gasteiger partial charge in [0.25, 0.3) is 0 Å². The van der Waals surface area contributed by atoms with E-state index in [4.69, 9.17) is 10.5 Å². The minimum atomic E-state index is 0.0135. The molecule has 0 unspecified atom stereocenters. The Kier molecular flexibility index (Phi) is 4.67. The van der Waals surface area contributed by atoms with Crippen LogP contribution in [0.1, 0.15) is 50.5 Å². The molecule has 3 N–H and O–H groups in total. The lowest BCUT2D eigenvalue weighted by Gasteiger charge is -2.35. The molecule has 1 aliphatic heterocycles. The van der Waals surface area contributed by atoms with Gasteiger partial charge in [-0.2, -0.15) is 0 Å². The molecule has 1 aromatic carbocycles. The molecular formula is C18H26N2O2. The van der Waals surface area contributed by atoms with E-state index in [0.29, 0.717) is 13.0 Å². The standard InChI is InChI=1S/C18H26N2O2/c19-13-18(8-2-1-3-9-18)12-17(21)20-15-6-7-16-14(11-15)5-4-10-22-16/h6-7,11H,1-5,8-10,12-13,19H2,(H,20,21). The number of nitrogens with one attached hydrogen (secondary N) is 1. The van der Waals surface area contributed by atoms with Crippen LogP contribution in [0.15, 0.2) is 18.2 Å². The third kappa shape index (κ3) is 3.43. The molecule has 1 fully saturated rings. The lowest BCUT2D eigenvalue weighted by Crippen LogP contribution is -2.36. The third-order valence-electron chi connectivity index (χ3n) is 5.08. The quantitative estimate of drug-likeness (QED) is 0.897. The highest BCUT2D eigenvalue weighted by atomic mass is 16.5. The molecule has 0 saturated heterocycles. The van der Waals surface area contributed by atoms with E-state index in [-0.39, 0.29) is 11.3 Å². The van der Waals surface area contributed by atoms with Crippen LogP contribution in [-0.2, 0) is 11.2 Å². The second-order valence-electron chi connectivity index (χ2n) is 6.76. The average molecular weight is 302 g/mol. The highest BCUT2D eigenvalue weighted by Gasteiger charge is 2.33. The summed E-state index contributed by atoms with van der Waals surface area (Å²) in [5, 5.41) is 3.05. The first-order valence-electron chi connectivity index (χ1n) is 8.46.